The molecule has 0 aliphatic heterocycles. The number of nitrogens with one attached hydrogen (secondary N) is 1. The highest BCUT2D eigenvalue weighted by Crippen LogP contribution is 2.39. The molecule has 146 valence electrons. The summed E-state index contributed by atoms with van der Waals surface area (Å²) in [7, 11) is -1.01. The molecule has 26 heavy (non-hydrogen) atoms. The van der Waals surface area contributed by atoms with Crippen LogP contribution in [0.3, 0.4) is 0 Å². The van der Waals surface area contributed by atoms with Crippen LogP contribution in [0.2, 0.25) is 0 Å². The van der Waals surface area contributed by atoms with Crippen molar-refractivity contribution < 1.29 is 0 Å². The molecule has 0 radical (unpaired) electrons. The Kier molecular flexibility index (Phi) is 7.43. The molecule has 0 aliphatic carbocycles. The minimum atomic E-state index is -1.01. The van der Waals surface area contributed by atoms with Crippen molar-refractivity contribution in [2.75, 3.05) is 0 Å². The number of hydrogen-bond acceptors (Lipinski definition) is 1. The van der Waals surface area contributed by atoms with Gasteiger partial charge in [-0.05, 0) is 52.4 Å². The minimum Gasteiger partial charge on any atom is -0.271 e. The average molecular weight is 394 g/mol. The van der Waals surface area contributed by atoms with Crippen molar-refractivity contribution in [2.45, 2.75) is 98.4 Å². The normalized spacial score (nSPS) is 14.2. The Morgan fingerprint density at radius 2 is 1.27 bits per heavy atom. The summed E-state index contributed by atoms with van der Waals surface area (Å²) >= 11 is 6.44. The zero-order valence-corrected chi connectivity index (χ0v) is 20.2. The van der Waals surface area contributed by atoms with Gasteiger partial charge in [0.05, 0.1) is 0 Å². The van der Waals surface area contributed by atoms with Crippen LogP contribution in [-0.4, -0.2) is 6.04 Å². The maximum absolute atomic E-state index is 6.44. The van der Waals surface area contributed by atoms with Crippen LogP contribution in [0.15, 0.2) is 12.1 Å². The Morgan fingerprint density at radius 1 is 0.846 bits per heavy atom. The highest BCUT2D eigenvalue weighted by molar-refractivity contribution is 7.86. The van der Waals surface area contributed by atoms with Gasteiger partial charge in [-0.3, -0.25) is 5.09 Å². The summed E-state index contributed by atoms with van der Waals surface area (Å²) < 4.78 is 0. The fourth-order valence-electron chi connectivity index (χ4n) is 2.76. The summed E-state index contributed by atoms with van der Waals surface area (Å²) in [5, 5.41) is 3.32. The van der Waals surface area contributed by atoms with Gasteiger partial charge in [0.15, 0.2) is 0 Å². The fourth-order valence-corrected chi connectivity index (χ4v) is 4.20. The molecule has 1 unspecified atom stereocenters. The summed E-state index contributed by atoms with van der Waals surface area (Å²) in [6, 6.07) is 5.04. The monoisotopic (exact) mass is 393 g/mol. The molecule has 1 nitrogen and oxygen atoms in total. The van der Waals surface area contributed by atoms with Gasteiger partial charge in [0.1, 0.15) is 7.43 Å². The van der Waals surface area contributed by atoms with Crippen LogP contribution in [0.4, 0.5) is 0 Å². The van der Waals surface area contributed by atoms with Gasteiger partial charge in [-0.2, -0.15) is 0 Å². The van der Waals surface area contributed by atoms with Crippen molar-refractivity contribution in [2.24, 2.45) is 0 Å². The maximum Gasteiger partial charge on any atom is 0.139 e. The van der Waals surface area contributed by atoms with Crippen LogP contribution in [0.25, 0.3) is 0 Å². The number of rotatable bonds is 2. The van der Waals surface area contributed by atoms with Crippen LogP contribution in [-0.2, 0) is 16.2 Å². The van der Waals surface area contributed by atoms with E-state index in [1.165, 1.54) is 16.7 Å². The molecule has 0 saturated carbocycles. The molecule has 1 aromatic carbocycles. The topological polar surface area (TPSA) is 12.0 Å². The highest BCUT2D eigenvalue weighted by Gasteiger charge is 2.28. The van der Waals surface area contributed by atoms with Crippen LogP contribution >= 0.6 is 18.7 Å². The number of halogens is 1. The van der Waals surface area contributed by atoms with Gasteiger partial charge in [-0.15, -0.1) is 0 Å². The van der Waals surface area contributed by atoms with Crippen molar-refractivity contribution in [1.82, 2.24) is 5.09 Å². The second kappa shape index (κ2) is 8.22. The van der Waals surface area contributed by atoms with Crippen molar-refractivity contribution in [3.8, 4) is 11.6 Å². The Labute approximate surface area is 168 Å². The van der Waals surface area contributed by atoms with Gasteiger partial charge in [-0.1, -0.05) is 91.6 Å². The van der Waals surface area contributed by atoms with Crippen LogP contribution < -0.4 is 5.09 Å². The lowest BCUT2D eigenvalue weighted by atomic mass is 9.72. The van der Waals surface area contributed by atoms with Crippen LogP contribution in [0, 0.1) is 11.6 Å². The molecule has 0 fully saturated rings. The van der Waals surface area contributed by atoms with Crippen LogP contribution in [0.1, 0.15) is 98.4 Å². The van der Waals surface area contributed by atoms with Gasteiger partial charge < -0.3 is 0 Å². The van der Waals surface area contributed by atoms with E-state index in [9.17, 15) is 0 Å². The van der Waals surface area contributed by atoms with Crippen molar-refractivity contribution in [3.63, 3.8) is 0 Å². The first-order valence-corrected chi connectivity index (χ1v) is 11.7. The van der Waals surface area contributed by atoms with E-state index in [-0.39, 0.29) is 16.2 Å². The zero-order valence-electron chi connectivity index (χ0n) is 18.6. The van der Waals surface area contributed by atoms with Crippen LogP contribution in [0.5, 0.6) is 0 Å². The Bertz CT molecular complexity index is 653. The van der Waals surface area contributed by atoms with E-state index >= 15 is 0 Å². The first-order valence-electron chi connectivity index (χ1n) is 9.46. The number of benzene rings is 1. The largest absolute Gasteiger partial charge is 0.271 e. The third-order valence-corrected chi connectivity index (χ3v) is 5.87. The lowest BCUT2D eigenvalue weighted by Gasteiger charge is -2.32. The molecule has 0 amide bonds. The summed E-state index contributed by atoms with van der Waals surface area (Å²) in [6.07, 6.45) is 0. The summed E-state index contributed by atoms with van der Waals surface area (Å²) in [5.41, 5.74) is 8.56. The van der Waals surface area contributed by atoms with E-state index in [1.54, 1.807) is 0 Å². The molecule has 0 bridgehead atoms. The summed E-state index contributed by atoms with van der Waals surface area (Å²) in [6.45, 7) is 24.6. The standard InChI is InChI=1S/C23H37ClNP/c1-16(2)25-26(24)13-12-18-19(22(6,7)8)14-17(21(3,4)5)15-20(18)23(9,10)11/h14-16,25H,1-11H3. The molecule has 0 heterocycles. The van der Waals surface area contributed by atoms with Gasteiger partial charge in [-0.25, -0.2) is 0 Å². The van der Waals surface area contributed by atoms with Crippen molar-refractivity contribution in [1.29, 1.82) is 0 Å². The molecule has 0 aromatic heterocycles. The highest BCUT2D eigenvalue weighted by atomic mass is 35.7. The first-order chi connectivity index (χ1) is 11.5. The molecular weight excluding hydrogens is 357 g/mol. The molecule has 0 saturated heterocycles. The first kappa shape index (κ1) is 23.5. The third-order valence-electron chi connectivity index (χ3n) is 4.27. The van der Waals surface area contributed by atoms with Gasteiger partial charge in [0.25, 0.3) is 0 Å². The molecule has 3 heteroatoms. The summed E-state index contributed by atoms with van der Waals surface area (Å²) in [4.78, 5) is 0. The molecular formula is C23H37ClNP. The van der Waals surface area contributed by atoms with Crippen molar-refractivity contribution >= 4 is 18.7 Å². The molecule has 0 spiro atoms. The second-order valence-electron chi connectivity index (χ2n) is 10.5. The molecule has 1 rings (SSSR count). The van der Waals surface area contributed by atoms with Gasteiger partial charge >= 0.3 is 0 Å². The van der Waals surface area contributed by atoms with E-state index in [1.807, 2.05) is 0 Å². The molecule has 1 N–H and O–H groups in total. The minimum absolute atomic E-state index is 0.0197. The van der Waals surface area contributed by atoms with Gasteiger partial charge in [0, 0.05) is 11.6 Å². The molecule has 1 aromatic rings. The SMILES string of the molecule is CC(C)NP(Cl)C#Cc1c(C(C)(C)C)cc(C(C)(C)C)cc1C(C)(C)C. The van der Waals surface area contributed by atoms with Crippen molar-refractivity contribution in [3.05, 3.63) is 34.4 Å². The third kappa shape index (κ3) is 6.56. The predicted octanol–water partition coefficient (Wildman–Crippen LogP) is 7.44. The fraction of sp³-hybridized carbons (Fsp3) is 0.652. The molecule has 0 aliphatic rings. The Hall–Kier alpha value is -0.540. The van der Waals surface area contributed by atoms with E-state index in [0.717, 1.165) is 5.56 Å². The summed E-state index contributed by atoms with van der Waals surface area (Å²) in [5.74, 6) is 3.46. The Morgan fingerprint density at radius 3 is 1.58 bits per heavy atom. The zero-order chi connectivity index (χ0) is 20.5. The smallest absolute Gasteiger partial charge is 0.139 e. The maximum atomic E-state index is 6.44. The molecule has 1 atom stereocenters. The van der Waals surface area contributed by atoms with E-state index in [2.05, 4.69) is 105 Å². The quantitative estimate of drug-likeness (QED) is 0.406. The number of hydrogen-bond donors (Lipinski definition) is 1. The Balaban J connectivity index is 3.73. The van der Waals surface area contributed by atoms with E-state index < -0.39 is 7.43 Å². The van der Waals surface area contributed by atoms with E-state index in [4.69, 9.17) is 11.2 Å². The van der Waals surface area contributed by atoms with Gasteiger partial charge in [0.2, 0.25) is 0 Å². The average Bonchev–Trinajstić information content (AvgIpc) is 2.40. The van der Waals surface area contributed by atoms with E-state index in [0.29, 0.717) is 6.04 Å². The second-order valence-corrected chi connectivity index (χ2v) is 12.6. The lowest BCUT2D eigenvalue weighted by molar-refractivity contribution is 0.546. The predicted molar refractivity (Wildman–Crippen MR) is 120 cm³/mol. The lowest BCUT2D eigenvalue weighted by Crippen LogP contribution is -2.23.